The minimum absolute atomic E-state index is 0.000969. The Kier molecular flexibility index (Phi) is 11.0. The number of hydrogen-bond acceptors (Lipinski definition) is 2. The van der Waals surface area contributed by atoms with Crippen LogP contribution in [0.25, 0.3) is 0 Å². The highest BCUT2D eigenvalue weighted by molar-refractivity contribution is 5.98. The number of hydrogen-bond donors (Lipinski definition) is 0. The number of halogens is 5. The predicted octanol–water partition coefficient (Wildman–Crippen LogP) is 10.8. The van der Waals surface area contributed by atoms with Gasteiger partial charge < -0.3 is 4.74 Å². The van der Waals surface area contributed by atoms with Crippen molar-refractivity contribution in [3.63, 3.8) is 0 Å². The van der Waals surface area contributed by atoms with E-state index < -0.39 is 40.8 Å². The van der Waals surface area contributed by atoms with Crippen molar-refractivity contribution in [2.24, 2.45) is 35.5 Å². The first-order chi connectivity index (χ1) is 19.1. The first-order valence-electron chi connectivity index (χ1n) is 15.8. The van der Waals surface area contributed by atoms with Crippen LogP contribution in [0.1, 0.15) is 138 Å². The van der Waals surface area contributed by atoms with Gasteiger partial charge in [-0.2, -0.15) is 13.2 Å². The molecule has 1 aromatic carbocycles. The fourth-order valence-electron chi connectivity index (χ4n) is 8.32. The van der Waals surface area contributed by atoms with Crippen LogP contribution >= 0.6 is 0 Å². The van der Waals surface area contributed by atoms with Gasteiger partial charge in [0.2, 0.25) is 0 Å². The van der Waals surface area contributed by atoms with Gasteiger partial charge >= 0.3 is 6.18 Å². The Bertz CT molecular complexity index is 950. The van der Waals surface area contributed by atoms with E-state index in [0.717, 1.165) is 61.5 Å². The molecule has 0 amide bonds. The van der Waals surface area contributed by atoms with Crippen LogP contribution in [0, 0.1) is 35.5 Å². The topological polar surface area (TPSA) is 26.3 Å². The Labute approximate surface area is 236 Å². The zero-order chi connectivity index (χ0) is 28.9. The second kappa shape index (κ2) is 14.0. The maximum absolute atomic E-state index is 13.9. The van der Waals surface area contributed by atoms with Crippen molar-refractivity contribution in [1.29, 1.82) is 0 Å². The van der Waals surface area contributed by atoms with Crippen LogP contribution in [-0.4, -0.2) is 12.4 Å². The maximum atomic E-state index is 13.9. The SMILES string of the molecule is CCCC1CCC(C2CCC(C3CCC(CC(=O)c4ccc(OCC)c(C(F)F)c4C(F)(F)F)CC3)CC2)CC1. The maximum Gasteiger partial charge on any atom is 0.417 e. The summed E-state index contributed by atoms with van der Waals surface area (Å²) in [7, 11) is 0. The first kappa shape index (κ1) is 31.3. The van der Waals surface area contributed by atoms with Crippen LogP contribution in [0.3, 0.4) is 0 Å². The van der Waals surface area contributed by atoms with E-state index in [1.54, 1.807) is 0 Å². The normalized spacial score (nSPS) is 29.9. The van der Waals surface area contributed by atoms with Crippen LogP contribution in [0.15, 0.2) is 12.1 Å². The minimum Gasteiger partial charge on any atom is -0.493 e. The van der Waals surface area contributed by atoms with Crippen LogP contribution in [0.2, 0.25) is 0 Å². The number of benzene rings is 1. The Morgan fingerprint density at radius 1 is 0.800 bits per heavy atom. The summed E-state index contributed by atoms with van der Waals surface area (Å²) < 4.78 is 74.4. The van der Waals surface area contributed by atoms with Gasteiger partial charge in [-0.15, -0.1) is 0 Å². The van der Waals surface area contributed by atoms with Crippen molar-refractivity contribution >= 4 is 5.78 Å². The van der Waals surface area contributed by atoms with E-state index >= 15 is 0 Å². The molecular formula is C33H47F5O2. The largest absolute Gasteiger partial charge is 0.493 e. The van der Waals surface area contributed by atoms with Gasteiger partial charge in [0.15, 0.2) is 5.78 Å². The highest BCUT2D eigenvalue weighted by atomic mass is 19.4. The quantitative estimate of drug-likeness (QED) is 0.207. The van der Waals surface area contributed by atoms with E-state index in [2.05, 4.69) is 6.92 Å². The molecule has 0 spiro atoms. The van der Waals surface area contributed by atoms with Gasteiger partial charge in [-0.05, 0) is 119 Å². The van der Waals surface area contributed by atoms with Crippen molar-refractivity contribution in [3.05, 3.63) is 28.8 Å². The van der Waals surface area contributed by atoms with Crippen LogP contribution in [0.5, 0.6) is 5.75 Å². The number of ether oxygens (including phenoxy) is 1. The molecule has 3 fully saturated rings. The molecule has 2 nitrogen and oxygen atoms in total. The molecule has 226 valence electrons. The van der Waals surface area contributed by atoms with Gasteiger partial charge in [0, 0.05) is 12.0 Å². The zero-order valence-electron chi connectivity index (χ0n) is 24.2. The molecule has 40 heavy (non-hydrogen) atoms. The summed E-state index contributed by atoms with van der Waals surface area (Å²) in [5.41, 5.74) is -3.42. The average Bonchev–Trinajstić information content (AvgIpc) is 2.93. The van der Waals surface area contributed by atoms with Crippen LogP contribution in [-0.2, 0) is 6.18 Å². The fraction of sp³-hybridized carbons (Fsp3) is 0.788. The zero-order valence-corrected chi connectivity index (χ0v) is 24.2. The third kappa shape index (κ3) is 7.59. The number of alkyl halides is 5. The molecule has 7 heteroatoms. The van der Waals surface area contributed by atoms with Crippen LogP contribution in [0.4, 0.5) is 22.0 Å². The van der Waals surface area contributed by atoms with Gasteiger partial charge in [-0.25, -0.2) is 8.78 Å². The standard InChI is InChI=1S/C33H47F5O2/c1-3-5-21-6-10-23(11-7-21)25-14-16-26(17-15-25)24-12-8-22(9-13-24)20-28(39)27-18-19-29(40-4-2)30(32(34)35)31(27)33(36,37)38/h18-19,21-26,32H,3-17,20H2,1-2H3. The summed E-state index contributed by atoms with van der Waals surface area (Å²) in [6.07, 6.45) is 8.69. The lowest BCUT2D eigenvalue weighted by Crippen LogP contribution is -2.30. The lowest BCUT2D eigenvalue weighted by molar-refractivity contribution is -0.140. The van der Waals surface area contributed by atoms with Gasteiger partial charge in [0.05, 0.1) is 17.7 Å². The Hall–Kier alpha value is -1.66. The number of ketones is 1. The summed E-state index contributed by atoms with van der Waals surface area (Å²) in [4.78, 5) is 13.1. The molecule has 0 aromatic heterocycles. The molecule has 1 aromatic rings. The molecule has 0 N–H and O–H groups in total. The molecule has 3 aliphatic carbocycles. The molecular weight excluding hydrogens is 523 g/mol. The fourth-order valence-corrected chi connectivity index (χ4v) is 8.32. The molecule has 0 saturated heterocycles. The third-order valence-electron chi connectivity index (χ3n) is 10.4. The number of Topliss-reactive ketones (excluding diaryl/α,β-unsaturated/α-hetero) is 1. The number of carbonyl (C=O) groups excluding carboxylic acids is 1. The van der Waals surface area contributed by atoms with Crippen molar-refractivity contribution < 1.29 is 31.5 Å². The summed E-state index contributed by atoms with van der Waals surface area (Å²) >= 11 is 0. The van der Waals surface area contributed by atoms with E-state index in [1.165, 1.54) is 71.1 Å². The molecule has 3 saturated carbocycles. The Morgan fingerprint density at radius 3 is 1.70 bits per heavy atom. The molecule has 0 heterocycles. The number of rotatable bonds is 10. The second-order valence-electron chi connectivity index (χ2n) is 12.8. The van der Waals surface area contributed by atoms with E-state index in [0.29, 0.717) is 5.92 Å². The van der Waals surface area contributed by atoms with Crippen LogP contribution < -0.4 is 4.74 Å². The lowest BCUT2D eigenvalue weighted by Gasteiger charge is -2.41. The summed E-state index contributed by atoms with van der Waals surface area (Å²) in [5, 5.41) is 0. The summed E-state index contributed by atoms with van der Waals surface area (Å²) in [5.74, 6) is 2.88. The van der Waals surface area contributed by atoms with Gasteiger partial charge in [-0.1, -0.05) is 32.6 Å². The van der Waals surface area contributed by atoms with E-state index in [9.17, 15) is 26.7 Å². The molecule has 4 rings (SSSR count). The summed E-state index contributed by atoms with van der Waals surface area (Å²) in [6.45, 7) is 3.76. The van der Waals surface area contributed by atoms with Gasteiger partial charge in [-0.3, -0.25) is 4.79 Å². The Morgan fingerprint density at radius 2 is 1.27 bits per heavy atom. The minimum atomic E-state index is -5.07. The lowest BCUT2D eigenvalue weighted by atomic mass is 9.64. The van der Waals surface area contributed by atoms with E-state index in [4.69, 9.17) is 4.74 Å². The van der Waals surface area contributed by atoms with Crippen molar-refractivity contribution in [1.82, 2.24) is 0 Å². The van der Waals surface area contributed by atoms with E-state index in [-0.39, 0.29) is 18.9 Å². The second-order valence-corrected chi connectivity index (χ2v) is 12.8. The smallest absolute Gasteiger partial charge is 0.417 e. The first-order valence-corrected chi connectivity index (χ1v) is 15.8. The highest BCUT2D eigenvalue weighted by Gasteiger charge is 2.42. The molecule has 3 aliphatic rings. The van der Waals surface area contributed by atoms with Crippen molar-refractivity contribution in [3.8, 4) is 5.75 Å². The monoisotopic (exact) mass is 570 g/mol. The van der Waals surface area contributed by atoms with Gasteiger partial charge in [0.1, 0.15) is 5.75 Å². The van der Waals surface area contributed by atoms with Crippen molar-refractivity contribution in [2.75, 3.05) is 6.61 Å². The third-order valence-corrected chi connectivity index (χ3v) is 10.4. The van der Waals surface area contributed by atoms with Gasteiger partial charge in [0.25, 0.3) is 6.43 Å². The molecule has 0 aliphatic heterocycles. The Balaban J connectivity index is 1.29. The van der Waals surface area contributed by atoms with Crippen molar-refractivity contribution in [2.45, 2.75) is 123 Å². The average molecular weight is 571 g/mol. The number of carbonyl (C=O) groups is 1. The molecule has 0 unspecified atom stereocenters. The molecule has 0 bridgehead atoms. The predicted molar refractivity (Wildman–Crippen MR) is 148 cm³/mol. The molecule has 0 atom stereocenters. The highest BCUT2D eigenvalue weighted by Crippen LogP contribution is 2.48. The van der Waals surface area contributed by atoms with E-state index in [1.807, 2.05) is 0 Å². The molecule has 0 radical (unpaired) electrons. The summed E-state index contributed by atoms with van der Waals surface area (Å²) in [6, 6.07) is 2.10.